The van der Waals surface area contributed by atoms with Gasteiger partial charge in [-0.15, -0.1) is 0 Å². The normalized spacial score (nSPS) is 12.4. The molecule has 0 bridgehead atoms. The third-order valence-electron chi connectivity index (χ3n) is 4.24. The Morgan fingerprint density at radius 2 is 1.38 bits per heavy atom. The summed E-state index contributed by atoms with van der Waals surface area (Å²) in [6, 6.07) is 13.7. The Kier molecular flexibility index (Phi) is 5.38. The fraction of sp³-hybridized carbons (Fsp3) is 0.400. The van der Waals surface area contributed by atoms with E-state index in [4.69, 9.17) is 4.74 Å². The van der Waals surface area contributed by atoms with E-state index in [0.717, 1.165) is 12.0 Å². The van der Waals surface area contributed by atoms with Crippen molar-refractivity contribution in [3.05, 3.63) is 54.1 Å². The molecule has 130 valence electrons. The van der Waals surface area contributed by atoms with E-state index in [1.807, 2.05) is 26.0 Å². The first-order valence-corrected chi connectivity index (χ1v) is 9.78. The third kappa shape index (κ3) is 4.18. The lowest BCUT2D eigenvalue weighted by Gasteiger charge is -2.24. The fourth-order valence-electron chi connectivity index (χ4n) is 2.25. The fourth-order valence-corrected chi connectivity index (χ4v) is 3.51. The summed E-state index contributed by atoms with van der Waals surface area (Å²) in [7, 11) is -3.50. The minimum Gasteiger partial charge on any atom is -0.488 e. The highest BCUT2D eigenvalue weighted by molar-refractivity contribution is 7.91. The molecule has 0 unspecified atom stereocenters. The Labute approximate surface area is 145 Å². The summed E-state index contributed by atoms with van der Waals surface area (Å²) in [5, 5.41) is 0. The number of sulfone groups is 1. The van der Waals surface area contributed by atoms with Crippen LogP contribution in [0.2, 0.25) is 0 Å². The van der Waals surface area contributed by atoms with Gasteiger partial charge < -0.3 is 4.74 Å². The number of rotatable bonds is 6. The van der Waals surface area contributed by atoms with Crippen LogP contribution in [0.3, 0.4) is 0 Å². The second-order valence-corrected chi connectivity index (χ2v) is 8.86. The second-order valence-electron chi connectivity index (χ2n) is 6.91. The maximum absolute atomic E-state index is 12.7. The van der Waals surface area contributed by atoms with Crippen molar-refractivity contribution >= 4 is 9.84 Å². The second kappa shape index (κ2) is 6.98. The van der Waals surface area contributed by atoms with E-state index >= 15 is 0 Å². The lowest BCUT2D eigenvalue weighted by atomic mass is 10.0. The molecule has 0 spiro atoms. The van der Waals surface area contributed by atoms with Crippen molar-refractivity contribution in [2.24, 2.45) is 0 Å². The van der Waals surface area contributed by atoms with Crippen LogP contribution in [0.15, 0.2) is 58.3 Å². The van der Waals surface area contributed by atoms with Gasteiger partial charge in [-0.3, -0.25) is 0 Å². The Bertz CT molecular complexity index is 771. The molecule has 2 rings (SSSR count). The molecule has 0 aliphatic rings. The molecule has 0 atom stereocenters. The Balaban J connectivity index is 2.26. The Hall–Kier alpha value is -1.81. The average molecular weight is 346 g/mol. The monoisotopic (exact) mass is 346 g/mol. The first-order chi connectivity index (χ1) is 11.2. The maximum Gasteiger partial charge on any atom is 0.206 e. The van der Waals surface area contributed by atoms with Crippen LogP contribution in [-0.2, 0) is 9.84 Å². The van der Waals surface area contributed by atoms with Gasteiger partial charge in [0.05, 0.1) is 9.79 Å². The van der Waals surface area contributed by atoms with Gasteiger partial charge in [0.15, 0.2) is 0 Å². The highest BCUT2D eigenvalue weighted by Crippen LogP contribution is 2.26. The minimum absolute atomic E-state index is 0.271. The molecular formula is C20H26O3S. The van der Waals surface area contributed by atoms with Gasteiger partial charge in [0.25, 0.3) is 0 Å². The van der Waals surface area contributed by atoms with Crippen molar-refractivity contribution in [2.45, 2.75) is 62.3 Å². The van der Waals surface area contributed by atoms with E-state index in [1.165, 1.54) is 0 Å². The number of benzene rings is 2. The summed E-state index contributed by atoms with van der Waals surface area (Å²) < 4.78 is 31.3. The van der Waals surface area contributed by atoms with Crippen molar-refractivity contribution < 1.29 is 13.2 Å². The van der Waals surface area contributed by atoms with Crippen molar-refractivity contribution in [1.82, 2.24) is 0 Å². The molecule has 3 nitrogen and oxygen atoms in total. The van der Waals surface area contributed by atoms with Crippen molar-refractivity contribution in [1.29, 1.82) is 0 Å². The molecule has 0 saturated heterocycles. The summed E-state index contributed by atoms with van der Waals surface area (Å²) in [6.45, 7) is 10.2. The smallest absolute Gasteiger partial charge is 0.206 e. The molecule has 0 amide bonds. The summed E-state index contributed by atoms with van der Waals surface area (Å²) in [5.41, 5.74) is 0.854. The molecule has 0 aromatic heterocycles. The maximum atomic E-state index is 12.7. The Morgan fingerprint density at radius 3 is 1.79 bits per heavy atom. The standard InChI is InChI=1S/C20H26O3S/c1-6-20(4,5)23-17-9-13-19(14-10-17)24(21,22)18-11-7-16(8-12-18)15(2)3/h7-15H,6H2,1-5H3. The molecule has 0 heterocycles. The molecule has 0 aliphatic carbocycles. The molecule has 2 aromatic rings. The van der Waals surface area contributed by atoms with E-state index in [1.54, 1.807) is 36.4 Å². The van der Waals surface area contributed by atoms with Gasteiger partial charge in [-0.25, -0.2) is 8.42 Å². The highest BCUT2D eigenvalue weighted by atomic mass is 32.2. The van der Waals surface area contributed by atoms with Gasteiger partial charge in [0, 0.05) is 0 Å². The zero-order valence-electron chi connectivity index (χ0n) is 15.0. The van der Waals surface area contributed by atoms with E-state index < -0.39 is 9.84 Å². The van der Waals surface area contributed by atoms with Crippen LogP contribution in [0.5, 0.6) is 5.75 Å². The Morgan fingerprint density at radius 1 is 0.917 bits per heavy atom. The molecule has 0 N–H and O–H groups in total. The zero-order valence-corrected chi connectivity index (χ0v) is 15.9. The van der Waals surface area contributed by atoms with Crippen molar-refractivity contribution in [3.63, 3.8) is 0 Å². The van der Waals surface area contributed by atoms with Crippen LogP contribution < -0.4 is 4.74 Å². The van der Waals surface area contributed by atoms with E-state index in [2.05, 4.69) is 20.8 Å². The SMILES string of the molecule is CCC(C)(C)Oc1ccc(S(=O)(=O)c2ccc(C(C)C)cc2)cc1. The van der Waals surface area contributed by atoms with E-state index in [0.29, 0.717) is 16.6 Å². The van der Waals surface area contributed by atoms with Crippen LogP contribution in [0.1, 0.15) is 52.5 Å². The largest absolute Gasteiger partial charge is 0.488 e. The molecule has 0 radical (unpaired) electrons. The number of hydrogen-bond donors (Lipinski definition) is 0. The van der Waals surface area contributed by atoms with Crippen LogP contribution in [-0.4, -0.2) is 14.0 Å². The molecule has 24 heavy (non-hydrogen) atoms. The van der Waals surface area contributed by atoms with Gasteiger partial charge in [0.2, 0.25) is 9.84 Å². The molecule has 0 saturated carbocycles. The van der Waals surface area contributed by atoms with E-state index in [9.17, 15) is 8.42 Å². The molecule has 2 aromatic carbocycles. The van der Waals surface area contributed by atoms with Crippen LogP contribution in [0.25, 0.3) is 0 Å². The van der Waals surface area contributed by atoms with Gasteiger partial charge in [-0.2, -0.15) is 0 Å². The summed E-state index contributed by atoms with van der Waals surface area (Å²) in [4.78, 5) is 0.593. The van der Waals surface area contributed by atoms with Crippen molar-refractivity contribution in [3.8, 4) is 5.75 Å². The predicted octanol–water partition coefficient (Wildman–Crippen LogP) is 5.21. The molecular weight excluding hydrogens is 320 g/mol. The van der Waals surface area contributed by atoms with Crippen LogP contribution in [0, 0.1) is 0 Å². The number of ether oxygens (including phenoxy) is 1. The predicted molar refractivity (Wildman–Crippen MR) is 97.4 cm³/mol. The summed E-state index contributed by atoms with van der Waals surface area (Å²) in [6.07, 6.45) is 0.870. The first-order valence-electron chi connectivity index (χ1n) is 8.30. The third-order valence-corrected chi connectivity index (χ3v) is 6.02. The molecule has 0 aliphatic heterocycles. The average Bonchev–Trinajstić information content (AvgIpc) is 2.55. The van der Waals surface area contributed by atoms with Gasteiger partial charge in [0.1, 0.15) is 11.4 Å². The zero-order chi connectivity index (χ0) is 18.0. The summed E-state index contributed by atoms with van der Waals surface area (Å²) in [5.74, 6) is 1.05. The van der Waals surface area contributed by atoms with Crippen molar-refractivity contribution in [2.75, 3.05) is 0 Å². The highest BCUT2D eigenvalue weighted by Gasteiger charge is 2.20. The van der Waals surface area contributed by atoms with Gasteiger partial charge >= 0.3 is 0 Å². The molecule has 4 heteroatoms. The lowest BCUT2D eigenvalue weighted by molar-refractivity contribution is 0.105. The lowest BCUT2D eigenvalue weighted by Crippen LogP contribution is -2.26. The minimum atomic E-state index is -3.50. The van der Waals surface area contributed by atoms with Gasteiger partial charge in [-0.1, -0.05) is 32.9 Å². The van der Waals surface area contributed by atoms with Gasteiger partial charge in [-0.05, 0) is 68.1 Å². The first kappa shape index (κ1) is 18.5. The number of hydrogen-bond acceptors (Lipinski definition) is 3. The summed E-state index contributed by atoms with van der Waals surface area (Å²) >= 11 is 0. The topological polar surface area (TPSA) is 43.4 Å². The van der Waals surface area contributed by atoms with E-state index in [-0.39, 0.29) is 10.5 Å². The quantitative estimate of drug-likeness (QED) is 0.721. The van der Waals surface area contributed by atoms with Crippen LogP contribution >= 0.6 is 0 Å². The molecule has 0 fully saturated rings. The van der Waals surface area contributed by atoms with Crippen LogP contribution in [0.4, 0.5) is 0 Å².